The van der Waals surface area contributed by atoms with Gasteiger partial charge in [-0.25, -0.2) is 0 Å². The maximum absolute atomic E-state index is 3.41. The summed E-state index contributed by atoms with van der Waals surface area (Å²) in [5, 5.41) is 0. The molecule has 11 rings (SSSR count). The molecule has 0 saturated heterocycles. The average molecular weight is 849 g/mol. The van der Waals surface area contributed by atoms with Gasteiger partial charge in [-0.05, 0) is 223 Å². The Hall–Kier alpha value is -0.340. The third kappa shape index (κ3) is 8.26. The van der Waals surface area contributed by atoms with Crippen LogP contribution in [0.1, 0.15) is 246 Å². The molecule has 0 amide bonds. The van der Waals surface area contributed by atoms with Crippen LogP contribution in [0.25, 0.3) is 0 Å². The molecule has 0 heterocycles. The van der Waals surface area contributed by atoms with Gasteiger partial charge in [0.05, 0.1) is 0 Å². The summed E-state index contributed by atoms with van der Waals surface area (Å²) in [6.07, 6.45) is 57.3. The van der Waals surface area contributed by atoms with E-state index in [2.05, 4.69) is 49.6 Å². The molecular formula is C60H100N2. The molecule has 0 aromatic rings. The van der Waals surface area contributed by atoms with Crippen LogP contribution >= 0.6 is 0 Å². The van der Waals surface area contributed by atoms with Crippen molar-refractivity contribution in [3.63, 3.8) is 0 Å². The van der Waals surface area contributed by atoms with Crippen molar-refractivity contribution in [1.29, 1.82) is 0 Å². The molecule has 0 aliphatic heterocycles. The molecule has 2 nitrogen and oxygen atoms in total. The van der Waals surface area contributed by atoms with Gasteiger partial charge in [0.1, 0.15) is 0 Å². The standard InChI is InChI=1S/C60H100N2/c1-59(2)54-22-12-10-20-50(54)52-37-35-47(39-56(52)59)61(48-36-38-53-51-21-11-13-23-55(51)60(3,4)57(53)40-48)45-31-27-41(28-32-45)25-26-42-29-33-46(34-30-42)62(44-17-6-5-7-18-44)58-24-14-16-43-15-8-9-19-49(43)58/h25-26,41-58H,5-24,27-40H2,1-4H3. The molecule has 13 atom stereocenters. The molecule has 0 aromatic carbocycles. The van der Waals surface area contributed by atoms with Crippen LogP contribution in [0.3, 0.4) is 0 Å². The second-order valence-corrected chi connectivity index (χ2v) is 27.1. The van der Waals surface area contributed by atoms with Crippen molar-refractivity contribution in [2.24, 2.45) is 81.8 Å². The molecule has 11 aliphatic carbocycles. The molecule has 0 spiro atoms. The second-order valence-electron chi connectivity index (χ2n) is 27.1. The fourth-order valence-corrected chi connectivity index (χ4v) is 21.2. The van der Waals surface area contributed by atoms with Gasteiger partial charge in [-0.3, -0.25) is 9.80 Å². The van der Waals surface area contributed by atoms with E-state index in [0.29, 0.717) is 10.8 Å². The summed E-state index contributed by atoms with van der Waals surface area (Å²) in [5.41, 5.74) is 1.12. The fraction of sp³-hybridized carbons (Fsp3) is 0.967. The minimum absolute atomic E-state index is 0.560. The van der Waals surface area contributed by atoms with Crippen LogP contribution in [0.2, 0.25) is 0 Å². The Morgan fingerprint density at radius 1 is 0.306 bits per heavy atom. The van der Waals surface area contributed by atoms with Crippen molar-refractivity contribution in [2.75, 3.05) is 0 Å². The molecule has 0 radical (unpaired) electrons. The molecule has 62 heavy (non-hydrogen) atoms. The summed E-state index contributed by atoms with van der Waals surface area (Å²) in [5.74, 6) is 12.0. The molecule has 0 aromatic heterocycles. The molecule has 11 aliphatic rings. The zero-order valence-corrected chi connectivity index (χ0v) is 41.5. The second kappa shape index (κ2) is 18.6. The van der Waals surface area contributed by atoms with Gasteiger partial charge >= 0.3 is 0 Å². The SMILES string of the molecule is CC1(C)C2CCCCC2C2CCC(N(C3CCC(C=CC4CCC(N(C5CCCCC5)C5CCCC6CCCCC65)CC4)CC3)C3CCC4C5CCCCC5C(C)(C)C4C3)CC21. The van der Waals surface area contributed by atoms with E-state index in [4.69, 9.17) is 0 Å². The average Bonchev–Trinajstić information content (AvgIpc) is 3.69. The summed E-state index contributed by atoms with van der Waals surface area (Å²) >= 11 is 0. The molecule has 11 fully saturated rings. The van der Waals surface area contributed by atoms with E-state index >= 15 is 0 Å². The first-order chi connectivity index (χ1) is 30.3. The number of allylic oxidation sites excluding steroid dienone is 2. The largest absolute Gasteiger partial charge is 0.294 e. The monoisotopic (exact) mass is 849 g/mol. The van der Waals surface area contributed by atoms with Crippen molar-refractivity contribution in [2.45, 2.75) is 282 Å². The predicted octanol–water partition coefficient (Wildman–Crippen LogP) is 16.2. The lowest BCUT2D eigenvalue weighted by atomic mass is 9.65. The molecule has 13 unspecified atom stereocenters. The number of nitrogens with zero attached hydrogens (tertiary/aromatic N) is 2. The van der Waals surface area contributed by atoms with Gasteiger partial charge < -0.3 is 0 Å². The summed E-state index contributed by atoms with van der Waals surface area (Å²) in [6, 6.07) is 5.30. The Morgan fingerprint density at radius 3 is 1.26 bits per heavy atom. The zero-order chi connectivity index (χ0) is 42.0. The smallest absolute Gasteiger partial charge is 0.0132 e. The molecule has 0 N–H and O–H groups in total. The van der Waals surface area contributed by atoms with E-state index < -0.39 is 0 Å². The normalized spacial score (nSPS) is 48.3. The van der Waals surface area contributed by atoms with Gasteiger partial charge in [-0.2, -0.15) is 0 Å². The highest BCUT2D eigenvalue weighted by atomic mass is 15.2. The topological polar surface area (TPSA) is 6.48 Å². The number of fused-ring (bicyclic) bond motifs is 7. The van der Waals surface area contributed by atoms with Gasteiger partial charge in [-0.1, -0.05) is 117 Å². The van der Waals surface area contributed by atoms with Crippen molar-refractivity contribution in [3.05, 3.63) is 12.2 Å². The van der Waals surface area contributed by atoms with Crippen LogP contribution in [0.5, 0.6) is 0 Å². The highest BCUT2D eigenvalue weighted by Crippen LogP contribution is 2.66. The first-order valence-electron chi connectivity index (χ1n) is 29.5. The molecule has 350 valence electrons. The fourth-order valence-electron chi connectivity index (χ4n) is 21.2. The first kappa shape index (κ1) is 44.2. The highest BCUT2D eigenvalue weighted by molar-refractivity contribution is 5.11. The Kier molecular flexibility index (Phi) is 13.3. The van der Waals surface area contributed by atoms with Crippen LogP contribution in [0, 0.1) is 81.8 Å². The third-order valence-electron chi connectivity index (χ3n) is 24.1. The van der Waals surface area contributed by atoms with Gasteiger partial charge in [0, 0.05) is 36.3 Å². The summed E-state index contributed by atoms with van der Waals surface area (Å²) < 4.78 is 0. The quantitative estimate of drug-likeness (QED) is 0.225. The van der Waals surface area contributed by atoms with E-state index in [1.807, 2.05) is 0 Å². The Balaban J connectivity index is 0.750. The zero-order valence-electron chi connectivity index (χ0n) is 41.5. The Labute approximate surface area is 384 Å². The number of rotatable bonds is 8. The van der Waals surface area contributed by atoms with E-state index in [9.17, 15) is 0 Å². The van der Waals surface area contributed by atoms with Crippen molar-refractivity contribution >= 4 is 0 Å². The van der Waals surface area contributed by atoms with E-state index in [1.54, 1.807) is 70.6 Å². The van der Waals surface area contributed by atoms with Gasteiger partial charge in [-0.15, -0.1) is 0 Å². The van der Waals surface area contributed by atoms with Crippen LogP contribution in [-0.4, -0.2) is 46.1 Å². The van der Waals surface area contributed by atoms with Gasteiger partial charge in [0.25, 0.3) is 0 Å². The maximum Gasteiger partial charge on any atom is 0.0132 e. The molecule has 2 heteroatoms. The number of hydrogen-bond donors (Lipinski definition) is 0. The van der Waals surface area contributed by atoms with Crippen LogP contribution < -0.4 is 0 Å². The minimum atomic E-state index is 0.560. The van der Waals surface area contributed by atoms with Crippen LogP contribution in [0.4, 0.5) is 0 Å². The van der Waals surface area contributed by atoms with Crippen molar-refractivity contribution in [3.8, 4) is 0 Å². The number of hydrogen-bond acceptors (Lipinski definition) is 2. The molecule has 11 saturated carbocycles. The van der Waals surface area contributed by atoms with Gasteiger partial charge in [0.15, 0.2) is 0 Å². The maximum atomic E-state index is 3.41. The minimum Gasteiger partial charge on any atom is -0.294 e. The predicted molar refractivity (Wildman–Crippen MR) is 262 cm³/mol. The Bertz CT molecular complexity index is 1430. The van der Waals surface area contributed by atoms with Crippen molar-refractivity contribution < 1.29 is 0 Å². The van der Waals surface area contributed by atoms with E-state index in [-0.39, 0.29) is 0 Å². The lowest BCUT2D eigenvalue weighted by Crippen LogP contribution is -2.56. The van der Waals surface area contributed by atoms with Gasteiger partial charge in [0.2, 0.25) is 0 Å². The van der Waals surface area contributed by atoms with Crippen LogP contribution in [-0.2, 0) is 0 Å². The van der Waals surface area contributed by atoms with Crippen molar-refractivity contribution in [1.82, 2.24) is 9.80 Å². The lowest BCUT2D eigenvalue weighted by Gasteiger charge is -2.53. The van der Waals surface area contributed by atoms with E-state index in [1.165, 1.54) is 148 Å². The lowest BCUT2D eigenvalue weighted by molar-refractivity contribution is -0.0350. The summed E-state index contributed by atoms with van der Waals surface area (Å²) in [4.78, 5) is 6.71. The Morgan fingerprint density at radius 2 is 0.710 bits per heavy atom. The van der Waals surface area contributed by atoms with E-state index in [0.717, 1.165) is 107 Å². The highest BCUT2D eigenvalue weighted by Gasteiger charge is 2.60. The summed E-state index contributed by atoms with van der Waals surface area (Å²) in [6.45, 7) is 11.1. The van der Waals surface area contributed by atoms with Crippen LogP contribution in [0.15, 0.2) is 12.2 Å². The summed E-state index contributed by atoms with van der Waals surface area (Å²) in [7, 11) is 0. The first-order valence-corrected chi connectivity index (χ1v) is 29.5. The third-order valence-corrected chi connectivity index (χ3v) is 24.1. The molecular weight excluding hydrogens is 749 g/mol. The molecule has 0 bridgehead atoms.